The molecule has 0 amide bonds. The predicted octanol–water partition coefficient (Wildman–Crippen LogP) is 1.60. The summed E-state index contributed by atoms with van der Waals surface area (Å²) >= 11 is 0. The molecule has 0 saturated heterocycles. The number of aliphatic carboxylic acids is 2. The third-order valence-corrected chi connectivity index (χ3v) is 3.37. The lowest BCUT2D eigenvalue weighted by Gasteiger charge is -2.39. The van der Waals surface area contributed by atoms with Crippen LogP contribution in [0.2, 0.25) is 0 Å². The Balaban J connectivity index is 3.01. The number of hydrogen-bond donors (Lipinski definition) is 2. The molecule has 0 bridgehead atoms. The third-order valence-electron chi connectivity index (χ3n) is 3.37. The van der Waals surface area contributed by atoms with Crippen LogP contribution < -0.4 is 0 Å². The molecule has 14 heavy (non-hydrogen) atoms. The first-order valence-electron chi connectivity index (χ1n) is 4.86. The maximum Gasteiger partial charge on any atom is 0.310 e. The molecule has 0 aromatic rings. The van der Waals surface area contributed by atoms with Gasteiger partial charge in [0.25, 0.3) is 0 Å². The van der Waals surface area contributed by atoms with Gasteiger partial charge in [-0.3, -0.25) is 9.59 Å². The fourth-order valence-electron chi connectivity index (χ4n) is 2.50. The Hall–Kier alpha value is -1.06. The summed E-state index contributed by atoms with van der Waals surface area (Å²) in [7, 11) is 0. The van der Waals surface area contributed by atoms with Crippen molar-refractivity contribution in [1.29, 1.82) is 0 Å². The van der Waals surface area contributed by atoms with Gasteiger partial charge in [0.05, 0.1) is 11.3 Å². The number of carbonyl (C=O) groups is 2. The lowest BCUT2D eigenvalue weighted by Crippen LogP contribution is -2.46. The van der Waals surface area contributed by atoms with Crippen molar-refractivity contribution < 1.29 is 19.8 Å². The molecule has 1 saturated carbocycles. The summed E-state index contributed by atoms with van der Waals surface area (Å²) in [6.07, 6.45) is 2.07. The van der Waals surface area contributed by atoms with Gasteiger partial charge in [0.2, 0.25) is 0 Å². The highest BCUT2D eigenvalue weighted by atomic mass is 16.4. The lowest BCUT2D eigenvalue weighted by molar-refractivity contribution is -0.167. The van der Waals surface area contributed by atoms with Crippen molar-refractivity contribution in [1.82, 2.24) is 0 Å². The van der Waals surface area contributed by atoms with E-state index in [2.05, 4.69) is 0 Å². The van der Waals surface area contributed by atoms with E-state index < -0.39 is 23.3 Å². The monoisotopic (exact) mass is 200 g/mol. The Labute approximate surface area is 82.9 Å². The van der Waals surface area contributed by atoms with Gasteiger partial charge < -0.3 is 10.2 Å². The third kappa shape index (κ3) is 1.61. The van der Waals surface area contributed by atoms with Crippen LogP contribution in [0.4, 0.5) is 0 Å². The summed E-state index contributed by atoms with van der Waals surface area (Å²) in [5, 5.41) is 18.1. The number of carboxylic acids is 2. The molecule has 4 heteroatoms. The van der Waals surface area contributed by atoms with E-state index in [1.54, 1.807) is 6.92 Å². The van der Waals surface area contributed by atoms with E-state index in [1.165, 1.54) is 0 Å². The molecule has 0 aromatic carbocycles. The average molecular weight is 200 g/mol. The topological polar surface area (TPSA) is 74.6 Å². The van der Waals surface area contributed by atoms with Gasteiger partial charge >= 0.3 is 11.9 Å². The van der Waals surface area contributed by atoms with E-state index in [9.17, 15) is 9.59 Å². The van der Waals surface area contributed by atoms with Gasteiger partial charge in [-0.25, -0.2) is 0 Å². The molecule has 1 rings (SSSR count). The predicted molar refractivity (Wildman–Crippen MR) is 49.9 cm³/mol. The minimum absolute atomic E-state index is 0.0534. The summed E-state index contributed by atoms with van der Waals surface area (Å²) in [6, 6.07) is 0. The highest BCUT2D eigenvalue weighted by Crippen LogP contribution is 2.44. The summed E-state index contributed by atoms with van der Waals surface area (Å²) in [5.74, 6) is -2.78. The van der Waals surface area contributed by atoms with Crippen molar-refractivity contribution in [2.45, 2.75) is 33.1 Å². The van der Waals surface area contributed by atoms with Crippen LogP contribution in [0.25, 0.3) is 0 Å². The Morgan fingerprint density at radius 1 is 1.36 bits per heavy atom. The maximum absolute atomic E-state index is 11.1. The fourth-order valence-corrected chi connectivity index (χ4v) is 2.50. The van der Waals surface area contributed by atoms with Crippen LogP contribution >= 0.6 is 0 Å². The van der Waals surface area contributed by atoms with Gasteiger partial charge in [-0.15, -0.1) is 0 Å². The lowest BCUT2D eigenvalue weighted by atomic mass is 9.63. The SMILES string of the molecule is CC1CCCC(C)(C(=O)O)C1C(=O)O. The zero-order valence-corrected chi connectivity index (χ0v) is 8.49. The molecule has 1 aliphatic rings. The van der Waals surface area contributed by atoms with Crippen molar-refractivity contribution in [2.75, 3.05) is 0 Å². The number of hydrogen-bond acceptors (Lipinski definition) is 2. The highest BCUT2D eigenvalue weighted by molar-refractivity contribution is 5.83. The van der Waals surface area contributed by atoms with Crippen LogP contribution in [-0.4, -0.2) is 22.2 Å². The quantitative estimate of drug-likeness (QED) is 0.710. The van der Waals surface area contributed by atoms with Crippen LogP contribution in [0.15, 0.2) is 0 Å². The van der Waals surface area contributed by atoms with Crippen molar-refractivity contribution >= 4 is 11.9 Å². The minimum atomic E-state index is -1.09. The van der Waals surface area contributed by atoms with Gasteiger partial charge in [-0.2, -0.15) is 0 Å². The first-order chi connectivity index (χ1) is 6.39. The summed E-state index contributed by atoms with van der Waals surface area (Å²) in [5.41, 5.74) is -1.09. The van der Waals surface area contributed by atoms with Gasteiger partial charge in [-0.05, 0) is 25.7 Å². The molecule has 0 radical (unpaired) electrons. The summed E-state index contributed by atoms with van der Waals surface area (Å²) < 4.78 is 0. The number of rotatable bonds is 2. The molecule has 0 aromatic heterocycles. The van der Waals surface area contributed by atoms with Crippen LogP contribution in [0.1, 0.15) is 33.1 Å². The zero-order chi connectivity index (χ0) is 10.9. The van der Waals surface area contributed by atoms with Crippen LogP contribution in [-0.2, 0) is 9.59 Å². The van der Waals surface area contributed by atoms with E-state index in [1.807, 2.05) is 6.92 Å². The molecule has 4 nitrogen and oxygen atoms in total. The van der Waals surface area contributed by atoms with E-state index in [-0.39, 0.29) is 5.92 Å². The normalized spacial score (nSPS) is 37.9. The Bertz CT molecular complexity index is 261. The first-order valence-corrected chi connectivity index (χ1v) is 4.86. The molecule has 3 unspecified atom stereocenters. The minimum Gasteiger partial charge on any atom is -0.481 e. The molecular formula is C10H16O4. The summed E-state index contributed by atoms with van der Waals surface area (Å²) in [6.45, 7) is 3.36. The van der Waals surface area contributed by atoms with Gasteiger partial charge in [0.1, 0.15) is 0 Å². The summed E-state index contributed by atoms with van der Waals surface area (Å²) in [4.78, 5) is 22.1. The fraction of sp³-hybridized carbons (Fsp3) is 0.800. The molecule has 3 atom stereocenters. The molecule has 80 valence electrons. The highest BCUT2D eigenvalue weighted by Gasteiger charge is 2.50. The van der Waals surface area contributed by atoms with Crippen molar-refractivity contribution in [3.05, 3.63) is 0 Å². The van der Waals surface area contributed by atoms with Crippen LogP contribution in [0.5, 0.6) is 0 Å². The molecule has 1 aliphatic carbocycles. The van der Waals surface area contributed by atoms with Gasteiger partial charge in [0.15, 0.2) is 0 Å². The van der Waals surface area contributed by atoms with Crippen molar-refractivity contribution in [3.63, 3.8) is 0 Å². The van der Waals surface area contributed by atoms with Crippen LogP contribution in [0, 0.1) is 17.3 Å². The van der Waals surface area contributed by atoms with E-state index >= 15 is 0 Å². The first kappa shape index (κ1) is 11.0. The molecule has 0 aliphatic heterocycles. The Morgan fingerprint density at radius 2 is 1.93 bits per heavy atom. The molecule has 2 N–H and O–H groups in total. The molecule has 0 spiro atoms. The second kappa shape index (κ2) is 3.59. The van der Waals surface area contributed by atoms with Crippen molar-refractivity contribution in [3.8, 4) is 0 Å². The largest absolute Gasteiger partial charge is 0.481 e. The molecular weight excluding hydrogens is 184 g/mol. The van der Waals surface area contributed by atoms with Gasteiger partial charge in [-0.1, -0.05) is 13.3 Å². The van der Waals surface area contributed by atoms with E-state index in [4.69, 9.17) is 10.2 Å². The average Bonchev–Trinajstić information content (AvgIpc) is 2.02. The Morgan fingerprint density at radius 3 is 2.29 bits per heavy atom. The second-order valence-electron chi connectivity index (χ2n) is 4.41. The van der Waals surface area contributed by atoms with E-state index in [0.717, 1.165) is 12.8 Å². The molecule has 0 heterocycles. The standard InChI is InChI=1S/C10H16O4/c1-6-4-3-5-10(2,9(13)14)7(6)8(11)12/h6-7H,3-5H2,1-2H3,(H,11,12)(H,13,14). The molecule has 1 fully saturated rings. The second-order valence-corrected chi connectivity index (χ2v) is 4.41. The van der Waals surface area contributed by atoms with E-state index in [0.29, 0.717) is 6.42 Å². The maximum atomic E-state index is 11.1. The smallest absolute Gasteiger partial charge is 0.310 e. The number of carboxylic acid groups (broad SMARTS) is 2. The van der Waals surface area contributed by atoms with Gasteiger partial charge in [0, 0.05) is 0 Å². The van der Waals surface area contributed by atoms with Crippen molar-refractivity contribution in [2.24, 2.45) is 17.3 Å². The Kier molecular flexibility index (Phi) is 2.83. The zero-order valence-electron chi connectivity index (χ0n) is 8.49. The van der Waals surface area contributed by atoms with Crippen LogP contribution in [0.3, 0.4) is 0 Å².